The lowest BCUT2D eigenvalue weighted by molar-refractivity contribution is 0.0955. The van der Waals surface area contributed by atoms with Gasteiger partial charge in [-0.25, -0.2) is 10.4 Å². The number of carbonyl (C=O) groups is 1. The molecular weight excluding hydrogens is 556 g/mol. The normalized spacial score (nSPS) is 10.9. The number of carbonyl (C=O) groups excluding carboxylic acids is 1. The van der Waals surface area contributed by atoms with Crippen molar-refractivity contribution < 1.29 is 14.3 Å². The first-order valence-electron chi connectivity index (χ1n) is 12.8. The van der Waals surface area contributed by atoms with Crippen LogP contribution in [0.4, 0.5) is 10.8 Å². The van der Waals surface area contributed by atoms with Gasteiger partial charge in [0.1, 0.15) is 6.61 Å². The zero-order chi connectivity index (χ0) is 28.6. The van der Waals surface area contributed by atoms with Crippen molar-refractivity contribution in [1.82, 2.24) is 10.4 Å². The molecular formula is C32H27ClN4O3S. The molecule has 0 aliphatic rings. The number of nitrogens with one attached hydrogen (secondary N) is 2. The second kappa shape index (κ2) is 13.1. The lowest BCUT2D eigenvalue weighted by Gasteiger charge is -2.11. The zero-order valence-corrected chi connectivity index (χ0v) is 24.0. The molecule has 2 N–H and O–H groups in total. The quantitative estimate of drug-likeness (QED) is 0.129. The minimum Gasteiger partial charge on any atom is -0.493 e. The number of aryl methyl sites for hydroxylation is 1. The molecule has 5 rings (SSSR count). The Morgan fingerprint density at radius 2 is 1.80 bits per heavy atom. The van der Waals surface area contributed by atoms with E-state index in [2.05, 4.69) is 26.9 Å². The summed E-state index contributed by atoms with van der Waals surface area (Å²) in [5, 5.41) is 10.8. The van der Waals surface area contributed by atoms with Gasteiger partial charge in [-0.3, -0.25) is 4.79 Å². The van der Waals surface area contributed by atoms with Crippen LogP contribution in [0.3, 0.4) is 0 Å². The summed E-state index contributed by atoms with van der Waals surface area (Å²) in [6.45, 7) is 2.48. The van der Waals surface area contributed by atoms with E-state index in [0.717, 1.165) is 33.2 Å². The molecule has 1 amide bonds. The number of thiazole rings is 1. The fourth-order valence-electron chi connectivity index (χ4n) is 3.99. The summed E-state index contributed by atoms with van der Waals surface area (Å²) >= 11 is 7.45. The maximum atomic E-state index is 12.6. The Morgan fingerprint density at radius 3 is 2.56 bits per heavy atom. The molecule has 5 aromatic rings. The van der Waals surface area contributed by atoms with Crippen molar-refractivity contribution >= 4 is 45.9 Å². The number of anilines is 2. The van der Waals surface area contributed by atoms with Crippen molar-refractivity contribution in [3.05, 3.63) is 124 Å². The Morgan fingerprint density at radius 1 is 1.00 bits per heavy atom. The van der Waals surface area contributed by atoms with Gasteiger partial charge in [-0.2, -0.15) is 5.10 Å². The number of amides is 1. The Balaban J connectivity index is 1.16. The maximum Gasteiger partial charge on any atom is 0.271 e. The molecule has 0 fully saturated rings. The highest BCUT2D eigenvalue weighted by Crippen LogP contribution is 2.29. The van der Waals surface area contributed by atoms with Gasteiger partial charge < -0.3 is 14.8 Å². The van der Waals surface area contributed by atoms with Crippen LogP contribution >= 0.6 is 22.9 Å². The second-order valence-electron chi connectivity index (χ2n) is 9.13. The van der Waals surface area contributed by atoms with E-state index in [0.29, 0.717) is 28.7 Å². The van der Waals surface area contributed by atoms with Crippen LogP contribution in [0.1, 0.15) is 27.0 Å². The topological polar surface area (TPSA) is 84.8 Å². The summed E-state index contributed by atoms with van der Waals surface area (Å²) in [5.41, 5.74) is 8.70. The molecule has 1 aromatic heterocycles. The van der Waals surface area contributed by atoms with E-state index in [1.54, 1.807) is 31.5 Å². The Hall–Kier alpha value is -4.66. The van der Waals surface area contributed by atoms with Gasteiger partial charge >= 0.3 is 0 Å². The van der Waals surface area contributed by atoms with Crippen LogP contribution in [0.25, 0.3) is 11.3 Å². The molecule has 9 heteroatoms. The van der Waals surface area contributed by atoms with E-state index >= 15 is 0 Å². The lowest BCUT2D eigenvalue weighted by Crippen LogP contribution is -2.17. The first-order valence-corrected chi connectivity index (χ1v) is 14.0. The Kier molecular flexibility index (Phi) is 8.93. The molecule has 206 valence electrons. The predicted octanol–water partition coefficient (Wildman–Crippen LogP) is 7.87. The zero-order valence-electron chi connectivity index (χ0n) is 22.4. The molecule has 0 saturated heterocycles. The third-order valence-corrected chi connectivity index (χ3v) is 7.10. The second-order valence-corrected chi connectivity index (χ2v) is 10.4. The van der Waals surface area contributed by atoms with Crippen LogP contribution in [0, 0.1) is 6.92 Å². The minimum absolute atomic E-state index is 0.318. The van der Waals surface area contributed by atoms with Crippen molar-refractivity contribution in [2.45, 2.75) is 13.5 Å². The van der Waals surface area contributed by atoms with Crippen molar-refractivity contribution in [3.8, 4) is 22.8 Å². The van der Waals surface area contributed by atoms with Gasteiger partial charge in [0, 0.05) is 27.2 Å². The molecule has 0 bridgehead atoms. The Bertz CT molecular complexity index is 1670. The molecule has 0 radical (unpaired) electrons. The number of benzene rings is 4. The highest BCUT2D eigenvalue weighted by molar-refractivity contribution is 7.14. The van der Waals surface area contributed by atoms with Crippen LogP contribution in [0.5, 0.6) is 11.5 Å². The number of hydrazone groups is 1. The summed E-state index contributed by atoms with van der Waals surface area (Å²) in [5.74, 6) is 0.890. The van der Waals surface area contributed by atoms with Gasteiger partial charge in [-0.15, -0.1) is 11.3 Å². The molecule has 0 saturated carbocycles. The SMILES string of the molecule is COc1cc(/C=N\NC(=O)c2ccc(-c3csc(Nc4ccc(Cl)cc4)n3)cc2)ccc1OCc1cccc(C)c1. The lowest BCUT2D eigenvalue weighted by atomic mass is 10.1. The summed E-state index contributed by atoms with van der Waals surface area (Å²) in [6, 6.07) is 28.3. The number of halogens is 1. The minimum atomic E-state index is -0.318. The first-order chi connectivity index (χ1) is 20.0. The fourth-order valence-corrected chi connectivity index (χ4v) is 4.86. The van der Waals surface area contributed by atoms with Gasteiger partial charge in [0.25, 0.3) is 5.91 Å². The van der Waals surface area contributed by atoms with E-state index < -0.39 is 0 Å². The average Bonchev–Trinajstić information content (AvgIpc) is 3.46. The first kappa shape index (κ1) is 27.9. The summed E-state index contributed by atoms with van der Waals surface area (Å²) < 4.78 is 11.4. The average molecular weight is 583 g/mol. The highest BCUT2D eigenvalue weighted by Gasteiger charge is 2.09. The third-order valence-electron chi connectivity index (χ3n) is 6.09. The monoisotopic (exact) mass is 582 g/mol. The molecule has 0 aliphatic heterocycles. The standard InChI is InChI=1S/C32H27ClN4O3S/c1-21-4-3-5-23(16-21)19-40-29-15-6-22(17-30(29)39-2)18-34-37-31(38)25-9-7-24(8-10-25)28-20-41-32(36-28)35-27-13-11-26(33)12-14-27/h3-18,20H,19H2,1-2H3,(H,35,36)(H,37,38)/b34-18-. The van der Waals surface area contributed by atoms with Crippen LogP contribution in [-0.2, 0) is 6.61 Å². The molecule has 4 aromatic carbocycles. The van der Waals surface area contributed by atoms with Crippen molar-refractivity contribution in [2.75, 3.05) is 12.4 Å². The highest BCUT2D eigenvalue weighted by atomic mass is 35.5. The van der Waals surface area contributed by atoms with Crippen LogP contribution in [0.15, 0.2) is 101 Å². The van der Waals surface area contributed by atoms with Gasteiger partial charge in [0.2, 0.25) is 0 Å². The Labute approximate surface area is 247 Å². The van der Waals surface area contributed by atoms with Crippen LogP contribution < -0.4 is 20.2 Å². The van der Waals surface area contributed by atoms with Gasteiger partial charge in [0.05, 0.1) is 19.0 Å². The summed E-state index contributed by atoms with van der Waals surface area (Å²) in [4.78, 5) is 17.3. The van der Waals surface area contributed by atoms with E-state index in [9.17, 15) is 4.79 Å². The number of methoxy groups -OCH3 is 1. The molecule has 0 atom stereocenters. The maximum absolute atomic E-state index is 12.6. The van der Waals surface area contributed by atoms with Crippen molar-refractivity contribution in [1.29, 1.82) is 0 Å². The van der Waals surface area contributed by atoms with E-state index in [1.807, 2.05) is 79.0 Å². The number of hydrogen-bond donors (Lipinski definition) is 2. The van der Waals surface area contributed by atoms with Crippen LogP contribution in [0.2, 0.25) is 5.02 Å². The van der Waals surface area contributed by atoms with E-state index in [-0.39, 0.29) is 5.91 Å². The number of nitrogens with zero attached hydrogens (tertiary/aromatic N) is 2. The number of aromatic nitrogens is 1. The van der Waals surface area contributed by atoms with E-state index in [1.165, 1.54) is 16.9 Å². The smallest absolute Gasteiger partial charge is 0.271 e. The molecule has 0 aliphatic carbocycles. The molecule has 0 spiro atoms. The molecule has 1 heterocycles. The van der Waals surface area contributed by atoms with Crippen molar-refractivity contribution in [2.24, 2.45) is 5.10 Å². The van der Waals surface area contributed by atoms with Crippen LogP contribution in [-0.4, -0.2) is 24.2 Å². The number of rotatable bonds is 10. The molecule has 0 unspecified atom stereocenters. The fraction of sp³-hybridized carbons (Fsp3) is 0.0938. The van der Waals surface area contributed by atoms with Crippen molar-refractivity contribution in [3.63, 3.8) is 0 Å². The summed E-state index contributed by atoms with van der Waals surface area (Å²) in [6.07, 6.45) is 1.56. The van der Waals surface area contributed by atoms with Gasteiger partial charge in [0.15, 0.2) is 16.6 Å². The van der Waals surface area contributed by atoms with Gasteiger partial charge in [-0.05, 0) is 72.6 Å². The predicted molar refractivity (Wildman–Crippen MR) is 166 cm³/mol. The number of ether oxygens (including phenoxy) is 2. The molecule has 7 nitrogen and oxygen atoms in total. The molecule has 41 heavy (non-hydrogen) atoms. The summed E-state index contributed by atoms with van der Waals surface area (Å²) in [7, 11) is 1.59. The number of hydrogen-bond acceptors (Lipinski definition) is 7. The third kappa shape index (κ3) is 7.51. The largest absolute Gasteiger partial charge is 0.493 e. The van der Waals surface area contributed by atoms with E-state index in [4.69, 9.17) is 21.1 Å². The van der Waals surface area contributed by atoms with Gasteiger partial charge in [-0.1, -0.05) is 53.6 Å².